The Labute approximate surface area is 165 Å². The van der Waals surface area contributed by atoms with Gasteiger partial charge in [0.1, 0.15) is 17.3 Å². The van der Waals surface area contributed by atoms with Crippen molar-refractivity contribution in [2.75, 3.05) is 11.1 Å². The van der Waals surface area contributed by atoms with Crippen molar-refractivity contribution in [3.8, 4) is 11.3 Å². The fraction of sp³-hybridized carbons (Fsp3) is 0.0500. The van der Waals surface area contributed by atoms with E-state index in [-0.39, 0.29) is 10.9 Å². The van der Waals surface area contributed by atoms with Crippen LogP contribution in [0.15, 0.2) is 53.0 Å². The maximum Gasteiger partial charge on any atom is 0.248 e. The SMILES string of the molecule is Cc1cc(N)cc(Cl)c1NC(=O)/C=C/c1ccc(-c2ccc(F)c(Cl)c2)o1. The van der Waals surface area contributed by atoms with E-state index in [2.05, 4.69) is 5.32 Å². The summed E-state index contributed by atoms with van der Waals surface area (Å²) >= 11 is 11.9. The maximum atomic E-state index is 13.3. The van der Waals surface area contributed by atoms with Crippen molar-refractivity contribution in [2.45, 2.75) is 6.92 Å². The zero-order valence-electron chi connectivity index (χ0n) is 14.2. The molecule has 0 atom stereocenters. The second-order valence-electron chi connectivity index (χ2n) is 5.85. The van der Waals surface area contributed by atoms with Crippen LogP contribution in [0.3, 0.4) is 0 Å². The maximum absolute atomic E-state index is 13.3. The van der Waals surface area contributed by atoms with Gasteiger partial charge in [0.05, 0.1) is 15.7 Å². The highest BCUT2D eigenvalue weighted by Gasteiger charge is 2.09. The van der Waals surface area contributed by atoms with Crippen molar-refractivity contribution in [1.82, 2.24) is 0 Å². The van der Waals surface area contributed by atoms with Gasteiger partial charge in [0.25, 0.3) is 0 Å². The average molecular weight is 405 g/mol. The van der Waals surface area contributed by atoms with Crippen LogP contribution in [0.1, 0.15) is 11.3 Å². The molecule has 0 fully saturated rings. The Morgan fingerprint density at radius 2 is 1.93 bits per heavy atom. The molecule has 0 bridgehead atoms. The van der Waals surface area contributed by atoms with Crippen LogP contribution in [0.4, 0.5) is 15.8 Å². The zero-order valence-corrected chi connectivity index (χ0v) is 15.7. The first kappa shape index (κ1) is 19.0. The van der Waals surface area contributed by atoms with Crippen molar-refractivity contribution in [3.05, 3.63) is 75.7 Å². The third kappa shape index (κ3) is 4.51. The summed E-state index contributed by atoms with van der Waals surface area (Å²) in [5, 5.41) is 3.09. The average Bonchev–Trinajstić information content (AvgIpc) is 3.07. The highest BCUT2D eigenvalue weighted by Crippen LogP contribution is 2.29. The lowest BCUT2D eigenvalue weighted by molar-refractivity contribution is -0.111. The van der Waals surface area contributed by atoms with Crippen LogP contribution in [0.2, 0.25) is 10.0 Å². The van der Waals surface area contributed by atoms with Gasteiger partial charge in [-0.3, -0.25) is 4.79 Å². The second-order valence-corrected chi connectivity index (χ2v) is 6.66. The summed E-state index contributed by atoms with van der Waals surface area (Å²) in [5.74, 6) is 0.100. The van der Waals surface area contributed by atoms with E-state index in [1.807, 2.05) is 0 Å². The van der Waals surface area contributed by atoms with Crippen molar-refractivity contribution in [3.63, 3.8) is 0 Å². The van der Waals surface area contributed by atoms with Crippen LogP contribution >= 0.6 is 23.2 Å². The lowest BCUT2D eigenvalue weighted by Crippen LogP contribution is -2.09. The lowest BCUT2D eigenvalue weighted by Gasteiger charge is -2.09. The van der Waals surface area contributed by atoms with E-state index in [0.29, 0.717) is 33.5 Å². The van der Waals surface area contributed by atoms with Gasteiger partial charge >= 0.3 is 0 Å². The normalized spacial score (nSPS) is 11.1. The van der Waals surface area contributed by atoms with E-state index in [1.165, 1.54) is 24.3 Å². The van der Waals surface area contributed by atoms with Gasteiger partial charge in [0.15, 0.2) is 0 Å². The molecule has 4 nitrogen and oxygen atoms in total. The smallest absolute Gasteiger partial charge is 0.248 e. The molecule has 0 unspecified atom stereocenters. The Morgan fingerprint density at radius 1 is 1.15 bits per heavy atom. The Balaban J connectivity index is 1.72. The first-order valence-electron chi connectivity index (χ1n) is 7.93. The number of anilines is 2. The van der Waals surface area contributed by atoms with Gasteiger partial charge in [-0.25, -0.2) is 4.39 Å². The Kier molecular flexibility index (Phi) is 5.54. The van der Waals surface area contributed by atoms with Crippen LogP contribution in [0.5, 0.6) is 0 Å². The van der Waals surface area contributed by atoms with Gasteiger partial charge < -0.3 is 15.5 Å². The van der Waals surface area contributed by atoms with Crippen molar-refractivity contribution >= 4 is 46.6 Å². The number of rotatable bonds is 4. The number of hydrogen-bond acceptors (Lipinski definition) is 3. The molecule has 0 radical (unpaired) electrons. The molecule has 0 aliphatic carbocycles. The van der Waals surface area contributed by atoms with Crippen LogP contribution in [-0.2, 0) is 4.79 Å². The number of nitrogen functional groups attached to an aromatic ring is 1. The van der Waals surface area contributed by atoms with Crippen LogP contribution in [0.25, 0.3) is 17.4 Å². The number of hydrogen-bond donors (Lipinski definition) is 2. The lowest BCUT2D eigenvalue weighted by atomic mass is 10.1. The molecule has 3 aromatic rings. The zero-order chi connectivity index (χ0) is 19.6. The summed E-state index contributed by atoms with van der Waals surface area (Å²) in [6, 6.07) is 11.0. The van der Waals surface area contributed by atoms with Crippen LogP contribution in [-0.4, -0.2) is 5.91 Å². The van der Waals surface area contributed by atoms with Crippen molar-refractivity contribution in [1.29, 1.82) is 0 Å². The Hall–Kier alpha value is -2.76. The number of carbonyl (C=O) groups is 1. The molecule has 3 N–H and O–H groups in total. The fourth-order valence-corrected chi connectivity index (χ4v) is 3.00. The fourth-order valence-electron chi connectivity index (χ4n) is 2.50. The van der Waals surface area contributed by atoms with Crippen LogP contribution < -0.4 is 11.1 Å². The molecule has 3 rings (SSSR count). The molecule has 0 aliphatic rings. The van der Waals surface area contributed by atoms with Gasteiger partial charge in [-0.05, 0) is 61.0 Å². The summed E-state index contributed by atoms with van der Waals surface area (Å²) in [6.45, 7) is 1.80. The third-order valence-electron chi connectivity index (χ3n) is 3.79. The molecule has 138 valence electrons. The van der Waals surface area contributed by atoms with Gasteiger partial charge in [-0.1, -0.05) is 23.2 Å². The molecule has 1 amide bonds. The summed E-state index contributed by atoms with van der Waals surface area (Å²) in [4.78, 5) is 12.1. The van der Waals surface area contributed by atoms with Crippen LogP contribution in [0, 0.1) is 12.7 Å². The van der Waals surface area contributed by atoms with E-state index >= 15 is 0 Å². The molecule has 0 aliphatic heterocycles. The number of furan rings is 1. The minimum atomic E-state index is -0.500. The molecule has 27 heavy (non-hydrogen) atoms. The number of nitrogens with two attached hydrogens (primary N) is 1. The number of halogens is 3. The summed E-state index contributed by atoms with van der Waals surface area (Å²) in [5.41, 5.74) is 8.13. The molecular weight excluding hydrogens is 390 g/mol. The van der Waals surface area contributed by atoms with Gasteiger partial charge in [0.2, 0.25) is 5.91 Å². The molecule has 7 heteroatoms. The van der Waals surface area contributed by atoms with Crippen molar-refractivity contribution < 1.29 is 13.6 Å². The van der Waals surface area contributed by atoms with Gasteiger partial charge in [-0.15, -0.1) is 0 Å². The summed E-state index contributed by atoms with van der Waals surface area (Å²) in [6.07, 6.45) is 2.84. The van der Waals surface area contributed by atoms with Gasteiger partial charge in [-0.2, -0.15) is 0 Å². The first-order valence-corrected chi connectivity index (χ1v) is 8.69. The number of aryl methyl sites for hydroxylation is 1. The monoisotopic (exact) mass is 404 g/mol. The number of carbonyl (C=O) groups excluding carboxylic acids is 1. The molecule has 1 heterocycles. The quantitative estimate of drug-likeness (QED) is 0.417. The minimum absolute atomic E-state index is 0.0103. The largest absolute Gasteiger partial charge is 0.457 e. The number of amides is 1. The van der Waals surface area contributed by atoms with Crippen molar-refractivity contribution in [2.24, 2.45) is 0 Å². The Morgan fingerprint density at radius 3 is 2.63 bits per heavy atom. The highest BCUT2D eigenvalue weighted by molar-refractivity contribution is 6.34. The van der Waals surface area contributed by atoms with Gasteiger partial charge in [0, 0.05) is 17.3 Å². The summed E-state index contributed by atoms with van der Waals surface area (Å²) < 4.78 is 18.9. The third-order valence-corrected chi connectivity index (χ3v) is 4.38. The highest BCUT2D eigenvalue weighted by atomic mass is 35.5. The summed E-state index contributed by atoms with van der Waals surface area (Å²) in [7, 11) is 0. The number of nitrogens with one attached hydrogen (secondary N) is 1. The molecule has 0 saturated heterocycles. The molecular formula is C20H15Cl2FN2O2. The molecule has 0 spiro atoms. The molecule has 2 aromatic carbocycles. The predicted octanol–water partition coefficient (Wildman–Crippen LogP) is 5.94. The van der Waals surface area contributed by atoms with E-state index in [1.54, 1.807) is 37.3 Å². The Bertz CT molecular complexity index is 1020. The van der Waals surface area contributed by atoms with E-state index in [9.17, 15) is 9.18 Å². The van der Waals surface area contributed by atoms with E-state index in [0.717, 1.165) is 5.56 Å². The predicted molar refractivity (Wildman–Crippen MR) is 107 cm³/mol. The first-order chi connectivity index (χ1) is 12.8. The van der Waals surface area contributed by atoms with E-state index < -0.39 is 5.82 Å². The molecule has 0 saturated carbocycles. The topological polar surface area (TPSA) is 68.3 Å². The van der Waals surface area contributed by atoms with E-state index in [4.69, 9.17) is 33.4 Å². The molecule has 1 aromatic heterocycles. The standard InChI is InChI=1S/C20H15Cl2FN2O2/c1-11-8-13(24)10-16(22)20(11)25-19(26)7-4-14-3-6-18(27-14)12-2-5-17(23)15(21)9-12/h2-10H,24H2,1H3,(H,25,26)/b7-4+. The number of benzene rings is 2. The second kappa shape index (κ2) is 7.86. The minimum Gasteiger partial charge on any atom is -0.457 e.